The van der Waals surface area contributed by atoms with Crippen LogP contribution in [-0.2, 0) is 4.79 Å². The van der Waals surface area contributed by atoms with Crippen LogP contribution in [0.25, 0.3) is 11.5 Å². The number of nitrogens with zero attached hydrogens (tertiary/aromatic N) is 3. The zero-order chi connectivity index (χ0) is 14.1. The van der Waals surface area contributed by atoms with Crippen LogP contribution in [0, 0.1) is 0 Å². The first-order valence-electron chi connectivity index (χ1n) is 6.30. The molecule has 0 aromatic carbocycles. The Morgan fingerprint density at radius 1 is 1.25 bits per heavy atom. The molecule has 0 radical (unpaired) electrons. The fourth-order valence-corrected chi connectivity index (χ4v) is 2.73. The van der Waals surface area contributed by atoms with Crippen LogP contribution in [0.2, 0.25) is 10.0 Å². The third-order valence-corrected chi connectivity index (χ3v) is 3.85. The topological polar surface area (TPSA) is 68.9 Å². The Morgan fingerprint density at radius 2 is 2.00 bits per heavy atom. The predicted octanol–water partition coefficient (Wildman–Crippen LogP) is 3.67. The molecule has 0 amide bonds. The Kier molecular flexibility index (Phi) is 3.72. The van der Waals surface area contributed by atoms with Gasteiger partial charge in [0.15, 0.2) is 0 Å². The van der Waals surface area contributed by atoms with Crippen LogP contribution >= 0.6 is 23.2 Å². The van der Waals surface area contributed by atoms with Crippen molar-refractivity contribution in [3.05, 3.63) is 28.2 Å². The van der Waals surface area contributed by atoms with Crippen LogP contribution in [0.3, 0.4) is 0 Å². The third-order valence-electron chi connectivity index (χ3n) is 3.35. The molecule has 1 saturated carbocycles. The van der Waals surface area contributed by atoms with E-state index in [0.29, 0.717) is 46.1 Å². The minimum atomic E-state index is 0.139. The van der Waals surface area contributed by atoms with Crippen molar-refractivity contribution in [3.8, 4) is 11.5 Å². The number of rotatable bonds is 2. The highest BCUT2D eigenvalue weighted by Gasteiger charge is 2.25. The molecule has 3 rings (SSSR count). The average Bonchev–Trinajstić information content (AvgIpc) is 2.89. The Labute approximate surface area is 125 Å². The number of ketones is 1. The van der Waals surface area contributed by atoms with E-state index >= 15 is 0 Å². The smallest absolute Gasteiger partial charge is 0.230 e. The molecule has 1 aliphatic carbocycles. The summed E-state index contributed by atoms with van der Waals surface area (Å²) in [6.07, 6.45) is 4.13. The van der Waals surface area contributed by atoms with Crippen molar-refractivity contribution in [2.75, 3.05) is 0 Å². The summed E-state index contributed by atoms with van der Waals surface area (Å²) in [5, 5.41) is 4.74. The molecule has 2 aromatic rings. The van der Waals surface area contributed by atoms with Gasteiger partial charge in [-0.1, -0.05) is 28.4 Å². The normalized spacial score (nSPS) is 16.6. The van der Waals surface area contributed by atoms with Crippen molar-refractivity contribution in [3.63, 3.8) is 0 Å². The van der Waals surface area contributed by atoms with E-state index in [-0.39, 0.29) is 5.92 Å². The number of Topliss-reactive ketones (excluding diaryl/α,β-unsaturated/α-hetero) is 1. The Hall–Kier alpha value is -1.46. The maximum Gasteiger partial charge on any atom is 0.230 e. The summed E-state index contributed by atoms with van der Waals surface area (Å²) in [5.74, 6) is 1.32. The van der Waals surface area contributed by atoms with E-state index in [0.717, 1.165) is 12.8 Å². The summed E-state index contributed by atoms with van der Waals surface area (Å²) < 4.78 is 5.27. The number of hydrogen-bond acceptors (Lipinski definition) is 5. The zero-order valence-electron chi connectivity index (χ0n) is 10.5. The molecule has 0 N–H and O–H groups in total. The first-order valence-corrected chi connectivity index (χ1v) is 7.06. The molecule has 0 atom stereocenters. The molecule has 0 unspecified atom stereocenters. The molecule has 1 aliphatic rings. The monoisotopic (exact) mass is 311 g/mol. The zero-order valence-corrected chi connectivity index (χ0v) is 12.0. The molecule has 0 spiro atoms. The van der Waals surface area contributed by atoms with Crippen molar-refractivity contribution in [2.24, 2.45) is 0 Å². The number of hydrogen-bond donors (Lipinski definition) is 0. The quantitative estimate of drug-likeness (QED) is 0.846. The van der Waals surface area contributed by atoms with Crippen molar-refractivity contribution < 1.29 is 9.32 Å². The fraction of sp³-hybridized carbons (Fsp3) is 0.385. The van der Waals surface area contributed by atoms with Gasteiger partial charge in [-0.15, -0.1) is 0 Å². The predicted molar refractivity (Wildman–Crippen MR) is 73.8 cm³/mol. The molecule has 7 heteroatoms. The molecule has 2 heterocycles. The van der Waals surface area contributed by atoms with Gasteiger partial charge in [0.2, 0.25) is 11.7 Å². The van der Waals surface area contributed by atoms with E-state index in [1.54, 1.807) is 6.07 Å². The van der Waals surface area contributed by atoms with Crippen molar-refractivity contribution in [1.29, 1.82) is 0 Å². The molecule has 0 bridgehead atoms. The minimum absolute atomic E-state index is 0.139. The summed E-state index contributed by atoms with van der Waals surface area (Å²) in [6.45, 7) is 0. The maximum atomic E-state index is 11.2. The molecule has 2 aromatic heterocycles. The van der Waals surface area contributed by atoms with Crippen molar-refractivity contribution >= 4 is 29.0 Å². The highest BCUT2D eigenvalue weighted by atomic mass is 35.5. The molecule has 1 fully saturated rings. The lowest BCUT2D eigenvalue weighted by atomic mass is 9.88. The standard InChI is InChI=1S/C13H11Cl2N3O2/c14-8-5-10(15)11(16-6-8)12-17-13(20-18-12)7-1-3-9(19)4-2-7/h5-7H,1-4H2. The van der Waals surface area contributed by atoms with E-state index in [2.05, 4.69) is 15.1 Å². The van der Waals surface area contributed by atoms with E-state index < -0.39 is 0 Å². The number of aromatic nitrogens is 3. The molecule has 0 saturated heterocycles. The van der Waals surface area contributed by atoms with Gasteiger partial charge in [-0.05, 0) is 18.9 Å². The second-order valence-corrected chi connectivity index (χ2v) is 5.60. The summed E-state index contributed by atoms with van der Waals surface area (Å²) in [5.41, 5.74) is 0.443. The number of carbonyl (C=O) groups excluding carboxylic acids is 1. The summed E-state index contributed by atoms with van der Waals surface area (Å²) >= 11 is 11.9. The SMILES string of the molecule is O=C1CCC(c2nc(-c3ncc(Cl)cc3Cl)no2)CC1. The van der Waals surface area contributed by atoms with E-state index in [4.69, 9.17) is 27.7 Å². The molecule has 20 heavy (non-hydrogen) atoms. The first-order chi connectivity index (χ1) is 9.63. The summed E-state index contributed by atoms with van der Waals surface area (Å²) in [7, 11) is 0. The molecular formula is C13H11Cl2N3O2. The summed E-state index contributed by atoms with van der Waals surface area (Å²) in [4.78, 5) is 19.7. The van der Waals surface area contributed by atoms with Crippen LogP contribution in [0.15, 0.2) is 16.8 Å². The van der Waals surface area contributed by atoms with Gasteiger partial charge in [-0.3, -0.25) is 4.79 Å². The molecule has 104 valence electrons. The number of halogens is 2. The summed E-state index contributed by atoms with van der Waals surface area (Å²) in [6, 6.07) is 1.58. The lowest BCUT2D eigenvalue weighted by Crippen LogP contribution is -2.12. The van der Waals surface area contributed by atoms with Gasteiger partial charge in [0.1, 0.15) is 11.5 Å². The fourth-order valence-electron chi connectivity index (χ4n) is 2.26. The van der Waals surface area contributed by atoms with Crippen LogP contribution in [-0.4, -0.2) is 20.9 Å². The van der Waals surface area contributed by atoms with Gasteiger partial charge < -0.3 is 4.52 Å². The van der Waals surface area contributed by atoms with E-state index in [9.17, 15) is 4.79 Å². The largest absolute Gasteiger partial charge is 0.339 e. The van der Waals surface area contributed by atoms with Crippen LogP contribution in [0.1, 0.15) is 37.5 Å². The number of pyridine rings is 1. The molecular weight excluding hydrogens is 301 g/mol. The van der Waals surface area contributed by atoms with Gasteiger partial charge in [-0.25, -0.2) is 4.98 Å². The third kappa shape index (κ3) is 2.69. The van der Waals surface area contributed by atoms with Crippen LogP contribution < -0.4 is 0 Å². The lowest BCUT2D eigenvalue weighted by molar-refractivity contribution is -0.120. The van der Waals surface area contributed by atoms with Gasteiger partial charge in [-0.2, -0.15) is 4.98 Å². The lowest BCUT2D eigenvalue weighted by Gasteiger charge is -2.16. The van der Waals surface area contributed by atoms with Gasteiger partial charge >= 0.3 is 0 Å². The highest BCUT2D eigenvalue weighted by Crippen LogP contribution is 2.32. The molecule has 0 aliphatic heterocycles. The molecule has 5 nitrogen and oxygen atoms in total. The second kappa shape index (κ2) is 5.50. The first kappa shape index (κ1) is 13.5. The van der Waals surface area contributed by atoms with E-state index in [1.165, 1.54) is 6.20 Å². The average molecular weight is 312 g/mol. The van der Waals surface area contributed by atoms with Crippen LogP contribution in [0.5, 0.6) is 0 Å². The second-order valence-electron chi connectivity index (χ2n) is 4.75. The minimum Gasteiger partial charge on any atom is -0.339 e. The van der Waals surface area contributed by atoms with Gasteiger partial charge in [0, 0.05) is 25.0 Å². The van der Waals surface area contributed by atoms with Crippen molar-refractivity contribution in [2.45, 2.75) is 31.6 Å². The number of carbonyl (C=O) groups is 1. The Morgan fingerprint density at radius 3 is 2.70 bits per heavy atom. The van der Waals surface area contributed by atoms with Gasteiger partial charge in [0.05, 0.1) is 10.0 Å². The van der Waals surface area contributed by atoms with Crippen LogP contribution in [0.4, 0.5) is 0 Å². The highest BCUT2D eigenvalue weighted by molar-refractivity contribution is 6.35. The maximum absolute atomic E-state index is 11.2. The van der Waals surface area contributed by atoms with E-state index in [1.807, 2.05) is 0 Å². The Balaban J connectivity index is 1.84. The Bertz CT molecular complexity index is 647. The van der Waals surface area contributed by atoms with Gasteiger partial charge in [0.25, 0.3) is 0 Å². The van der Waals surface area contributed by atoms with Crippen molar-refractivity contribution in [1.82, 2.24) is 15.1 Å².